The molecule has 0 spiro atoms. The molecule has 0 fully saturated rings. The summed E-state index contributed by atoms with van der Waals surface area (Å²) in [6.07, 6.45) is 9.43. The van der Waals surface area contributed by atoms with E-state index in [4.69, 9.17) is 0 Å². The number of imidazole rings is 1. The average Bonchev–Trinajstić information content (AvgIpc) is 2.93. The van der Waals surface area contributed by atoms with Gasteiger partial charge >= 0.3 is 0 Å². The molecule has 5 heteroatoms. The third kappa shape index (κ3) is 3.84. The van der Waals surface area contributed by atoms with Crippen LogP contribution in [0, 0.1) is 6.92 Å². The van der Waals surface area contributed by atoms with Crippen molar-refractivity contribution in [3.05, 3.63) is 29.8 Å². The van der Waals surface area contributed by atoms with E-state index >= 15 is 0 Å². The zero-order valence-electron chi connectivity index (χ0n) is 12.1. The van der Waals surface area contributed by atoms with Gasteiger partial charge in [0.2, 0.25) is 5.95 Å². The summed E-state index contributed by atoms with van der Waals surface area (Å²) < 4.78 is 4.05. The van der Waals surface area contributed by atoms with Crippen LogP contribution < -0.4 is 5.32 Å². The zero-order chi connectivity index (χ0) is 13.7. The Morgan fingerprint density at radius 2 is 2.16 bits per heavy atom. The second kappa shape index (κ2) is 6.41. The molecular weight excluding hydrogens is 238 g/mol. The van der Waals surface area contributed by atoms with E-state index < -0.39 is 0 Å². The number of nitrogens with one attached hydrogen (secondary N) is 1. The molecule has 2 rings (SSSR count). The predicted octanol–water partition coefficient (Wildman–Crippen LogP) is 2.38. The first-order valence-electron chi connectivity index (χ1n) is 6.94. The molecule has 2 aromatic heterocycles. The minimum absolute atomic E-state index is 0.883. The van der Waals surface area contributed by atoms with E-state index in [1.807, 2.05) is 24.9 Å². The molecule has 2 heterocycles. The maximum atomic E-state index is 4.53. The summed E-state index contributed by atoms with van der Waals surface area (Å²) in [6, 6.07) is 0. The number of rotatable bonds is 7. The summed E-state index contributed by atoms with van der Waals surface area (Å²) in [5, 5.41) is 7.59. The normalized spacial score (nSPS) is 10.9. The Kier molecular flexibility index (Phi) is 4.60. The average molecular weight is 261 g/mol. The molecule has 0 aliphatic carbocycles. The summed E-state index contributed by atoms with van der Waals surface area (Å²) in [7, 11) is 1.94. The van der Waals surface area contributed by atoms with Crippen LogP contribution >= 0.6 is 0 Å². The van der Waals surface area contributed by atoms with Crippen LogP contribution in [0.4, 0.5) is 5.95 Å². The fraction of sp³-hybridized carbons (Fsp3) is 0.571. The molecule has 19 heavy (non-hydrogen) atoms. The van der Waals surface area contributed by atoms with Gasteiger partial charge in [0.15, 0.2) is 0 Å². The third-order valence-corrected chi connectivity index (χ3v) is 3.10. The van der Waals surface area contributed by atoms with E-state index in [1.54, 1.807) is 0 Å². The van der Waals surface area contributed by atoms with Gasteiger partial charge in [0.1, 0.15) is 0 Å². The topological polar surface area (TPSA) is 47.7 Å². The van der Waals surface area contributed by atoms with Crippen molar-refractivity contribution in [1.82, 2.24) is 19.3 Å². The molecule has 0 aromatic carbocycles. The Hall–Kier alpha value is -1.78. The predicted molar refractivity (Wildman–Crippen MR) is 77.3 cm³/mol. The summed E-state index contributed by atoms with van der Waals surface area (Å²) in [5.41, 5.74) is 2.32. The lowest BCUT2D eigenvalue weighted by molar-refractivity contribution is 0.634. The standard InChI is InChI=1S/C14H23N5/c1-4-5-8-19-10-12(2)17-14(19)15-7-6-13-9-16-18(3)11-13/h9-11H,4-8H2,1-3H3,(H,15,17). The van der Waals surface area contributed by atoms with Crippen molar-refractivity contribution < 1.29 is 0 Å². The number of nitrogens with zero attached hydrogens (tertiary/aromatic N) is 4. The number of unbranched alkanes of at least 4 members (excludes halogenated alkanes) is 1. The van der Waals surface area contributed by atoms with Crippen molar-refractivity contribution >= 4 is 5.95 Å². The molecular formula is C14H23N5. The molecule has 0 unspecified atom stereocenters. The smallest absolute Gasteiger partial charge is 0.203 e. The summed E-state index contributed by atoms with van der Waals surface area (Å²) in [5.74, 6) is 0.981. The Balaban J connectivity index is 1.88. The van der Waals surface area contributed by atoms with Crippen molar-refractivity contribution in [2.45, 2.75) is 39.7 Å². The van der Waals surface area contributed by atoms with E-state index in [2.05, 4.69) is 39.3 Å². The largest absolute Gasteiger partial charge is 0.355 e. The minimum atomic E-state index is 0.883. The molecule has 0 atom stereocenters. The van der Waals surface area contributed by atoms with Gasteiger partial charge in [0, 0.05) is 32.5 Å². The fourth-order valence-electron chi connectivity index (χ4n) is 2.11. The highest BCUT2D eigenvalue weighted by Crippen LogP contribution is 2.10. The highest BCUT2D eigenvalue weighted by molar-refractivity contribution is 5.29. The van der Waals surface area contributed by atoms with Crippen molar-refractivity contribution in [2.75, 3.05) is 11.9 Å². The van der Waals surface area contributed by atoms with Crippen LogP contribution in [-0.4, -0.2) is 25.9 Å². The van der Waals surface area contributed by atoms with E-state index in [1.165, 1.54) is 18.4 Å². The maximum absolute atomic E-state index is 4.53. The first kappa shape index (κ1) is 13.6. The highest BCUT2D eigenvalue weighted by atomic mass is 15.2. The van der Waals surface area contributed by atoms with Crippen LogP contribution in [0.3, 0.4) is 0 Å². The molecule has 0 aliphatic heterocycles. The summed E-state index contributed by atoms with van der Waals surface area (Å²) in [6.45, 7) is 6.16. The molecule has 0 saturated heterocycles. The minimum Gasteiger partial charge on any atom is -0.355 e. The number of aryl methyl sites for hydroxylation is 3. The maximum Gasteiger partial charge on any atom is 0.203 e. The summed E-state index contributed by atoms with van der Waals surface area (Å²) in [4.78, 5) is 4.53. The van der Waals surface area contributed by atoms with Crippen molar-refractivity contribution in [2.24, 2.45) is 7.05 Å². The van der Waals surface area contributed by atoms with E-state index in [0.717, 1.165) is 31.2 Å². The first-order chi connectivity index (χ1) is 9.19. The Morgan fingerprint density at radius 3 is 2.84 bits per heavy atom. The number of aromatic nitrogens is 4. The molecule has 0 aliphatic rings. The van der Waals surface area contributed by atoms with Gasteiger partial charge in [-0.1, -0.05) is 13.3 Å². The van der Waals surface area contributed by atoms with E-state index in [0.29, 0.717) is 0 Å². The quantitative estimate of drug-likeness (QED) is 0.832. The molecule has 0 saturated carbocycles. The second-order valence-electron chi connectivity index (χ2n) is 4.95. The molecule has 1 N–H and O–H groups in total. The van der Waals surface area contributed by atoms with Gasteiger partial charge < -0.3 is 9.88 Å². The molecule has 0 amide bonds. The van der Waals surface area contributed by atoms with Gasteiger partial charge in [0.05, 0.1) is 11.9 Å². The lowest BCUT2D eigenvalue weighted by atomic mass is 10.2. The first-order valence-corrected chi connectivity index (χ1v) is 6.94. The Bertz CT molecular complexity index is 512. The van der Waals surface area contributed by atoms with E-state index in [-0.39, 0.29) is 0 Å². The van der Waals surface area contributed by atoms with Gasteiger partial charge in [-0.3, -0.25) is 4.68 Å². The highest BCUT2D eigenvalue weighted by Gasteiger charge is 2.04. The number of hydrogen-bond donors (Lipinski definition) is 1. The molecule has 104 valence electrons. The Labute approximate surface area is 114 Å². The van der Waals surface area contributed by atoms with Crippen LogP contribution in [0.5, 0.6) is 0 Å². The van der Waals surface area contributed by atoms with Crippen LogP contribution in [0.1, 0.15) is 31.0 Å². The fourth-order valence-corrected chi connectivity index (χ4v) is 2.11. The molecule has 0 bridgehead atoms. The van der Waals surface area contributed by atoms with Gasteiger partial charge in [-0.05, 0) is 25.3 Å². The Morgan fingerprint density at radius 1 is 1.32 bits per heavy atom. The number of anilines is 1. The van der Waals surface area contributed by atoms with Gasteiger partial charge in [0.25, 0.3) is 0 Å². The van der Waals surface area contributed by atoms with Crippen LogP contribution in [-0.2, 0) is 20.0 Å². The van der Waals surface area contributed by atoms with E-state index in [9.17, 15) is 0 Å². The van der Waals surface area contributed by atoms with Crippen molar-refractivity contribution in [3.63, 3.8) is 0 Å². The van der Waals surface area contributed by atoms with Gasteiger partial charge in [-0.15, -0.1) is 0 Å². The van der Waals surface area contributed by atoms with Gasteiger partial charge in [-0.25, -0.2) is 4.98 Å². The van der Waals surface area contributed by atoms with Crippen molar-refractivity contribution in [3.8, 4) is 0 Å². The number of hydrogen-bond acceptors (Lipinski definition) is 3. The van der Waals surface area contributed by atoms with Crippen LogP contribution in [0.25, 0.3) is 0 Å². The lowest BCUT2D eigenvalue weighted by Crippen LogP contribution is -2.10. The van der Waals surface area contributed by atoms with Crippen LogP contribution in [0.15, 0.2) is 18.6 Å². The van der Waals surface area contributed by atoms with Crippen molar-refractivity contribution in [1.29, 1.82) is 0 Å². The molecule has 2 aromatic rings. The molecule has 5 nitrogen and oxygen atoms in total. The monoisotopic (exact) mass is 261 g/mol. The second-order valence-corrected chi connectivity index (χ2v) is 4.95. The zero-order valence-corrected chi connectivity index (χ0v) is 12.1. The summed E-state index contributed by atoms with van der Waals surface area (Å²) >= 11 is 0. The van der Waals surface area contributed by atoms with Crippen LogP contribution in [0.2, 0.25) is 0 Å². The van der Waals surface area contributed by atoms with Gasteiger partial charge in [-0.2, -0.15) is 5.10 Å². The SMILES string of the molecule is CCCCn1cc(C)nc1NCCc1cnn(C)c1. The lowest BCUT2D eigenvalue weighted by Gasteiger charge is -2.08. The third-order valence-electron chi connectivity index (χ3n) is 3.10. The molecule has 0 radical (unpaired) electrons.